The molecule has 0 radical (unpaired) electrons. The highest BCUT2D eigenvalue weighted by atomic mass is 32.1. The first-order valence-corrected chi connectivity index (χ1v) is 10.2. The van der Waals surface area contributed by atoms with Crippen molar-refractivity contribution < 1.29 is 9.53 Å². The first-order valence-electron chi connectivity index (χ1n) is 9.35. The Morgan fingerprint density at radius 3 is 2.38 bits per heavy atom. The Morgan fingerprint density at radius 2 is 1.83 bits per heavy atom. The molecule has 1 heterocycles. The van der Waals surface area contributed by atoms with Crippen LogP contribution in [0.25, 0.3) is 0 Å². The summed E-state index contributed by atoms with van der Waals surface area (Å²) < 4.78 is 7.26. The third-order valence-corrected chi connectivity index (χ3v) is 7.39. The lowest BCUT2D eigenvalue weighted by atomic mass is 9.53. The van der Waals surface area contributed by atoms with Crippen LogP contribution < -0.4 is 4.80 Å². The molecule has 4 nitrogen and oxygen atoms in total. The molecule has 0 saturated heterocycles. The zero-order valence-electron chi connectivity index (χ0n) is 15.0. The van der Waals surface area contributed by atoms with Gasteiger partial charge in [0.15, 0.2) is 4.80 Å². The van der Waals surface area contributed by atoms with E-state index in [0.717, 1.165) is 28.2 Å². The molecule has 0 spiro atoms. The molecule has 0 unspecified atom stereocenters. The standard InChI is InChI=1S/C19H28N2O2S/c1-4-23-17(22)8-16-12(2)24-18(21(16)3)20-19-9-13-5-14(10-19)7-15(6-13)11-19/h13-15H,4-11H2,1-3H3. The predicted octanol–water partition coefficient (Wildman–Crippen LogP) is 3.37. The molecule has 5 heteroatoms. The monoisotopic (exact) mass is 348 g/mol. The highest BCUT2D eigenvalue weighted by Gasteiger charge is 2.51. The van der Waals surface area contributed by atoms with Crippen molar-refractivity contribution in [3.8, 4) is 0 Å². The van der Waals surface area contributed by atoms with Gasteiger partial charge in [-0.05, 0) is 70.1 Å². The molecule has 0 aromatic carbocycles. The summed E-state index contributed by atoms with van der Waals surface area (Å²) in [5.74, 6) is 2.58. The van der Waals surface area contributed by atoms with Gasteiger partial charge in [-0.15, -0.1) is 11.3 Å². The average molecular weight is 349 g/mol. The van der Waals surface area contributed by atoms with Crippen molar-refractivity contribution in [2.75, 3.05) is 6.61 Å². The van der Waals surface area contributed by atoms with Gasteiger partial charge in [0.1, 0.15) is 0 Å². The summed E-state index contributed by atoms with van der Waals surface area (Å²) in [7, 11) is 2.05. The first kappa shape index (κ1) is 16.4. The third-order valence-electron chi connectivity index (χ3n) is 6.30. The molecule has 4 aliphatic carbocycles. The summed E-state index contributed by atoms with van der Waals surface area (Å²) in [5, 5.41) is 0. The van der Waals surface area contributed by atoms with Crippen LogP contribution in [0.2, 0.25) is 0 Å². The number of carbonyl (C=O) groups is 1. The minimum Gasteiger partial charge on any atom is -0.466 e. The van der Waals surface area contributed by atoms with Crippen LogP contribution in [0, 0.1) is 24.7 Å². The third kappa shape index (κ3) is 2.85. The van der Waals surface area contributed by atoms with Crippen molar-refractivity contribution in [2.45, 2.75) is 64.3 Å². The number of thiazole rings is 1. The van der Waals surface area contributed by atoms with Crippen LogP contribution in [-0.2, 0) is 23.0 Å². The molecule has 24 heavy (non-hydrogen) atoms. The van der Waals surface area contributed by atoms with Gasteiger partial charge in [-0.2, -0.15) is 0 Å². The Kier molecular flexibility index (Phi) is 4.10. The number of esters is 1. The molecule has 4 saturated carbocycles. The second-order valence-corrected chi connectivity index (χ2v) is 9.36. The second-order valence-electron chi connectivity index (χ2n) is 8.18. The quantitative estimate of drug-likeness (QED) is 0.783. The van der Waals surface area contributed by atoms with Gasteiger partial charge < -0.3 is 9.30 Å². The van der Waals surface area contributed by atoms with Crippen LogP contribution in [0.4, 0.5) is 0 Å². The summed E-state index contributed by atoms with van der Waals surface area (Å²) in [6, 6.07) is 0. The summed E-state index contributed by atoms with van der Waals surface area (Å²) in [5.41, 5.74) is 1.24. The van der Waals surface area contributed by atoms with E-state index in [4.69, 9.17) is 9.73 Å². The normalized spacial score (nSPS) is 34.8. The molecule has 4 bridgehead atoms. The topological polar surface area (TPSA) is 43.6 Å². The van der Waals surface area contributed by atoms with Crippen LogP contribution >= 0.6 is 11.3 Å². The molecule has 1 aromatic heterocycles. The number of ether oxygens (including phenoxy) is 1. The van der Waals surface area contributed by atoms with Crippen molar-refractivity contribution >= 4 is 17.3 Å². The maximum atomic E-state index is 11.9. The Bertz CT molecular complexity index is 680. The SMILES string of the molecule is CCOC(=O)Cc1c(C)sc(=NC23CC4CC(CC(C4)C2)C3)n1C. The van der Waals surface area contributed by atoms with Crippen molar-refractivity contribution in [3.05, 3.63) is 15.4 Å². The minimum absolute atomic E-state index is 0.143. The van der Waals surface area contributed by atoms with Crippen molar-refractivity contribution in [2.24, 2.45) is 29.8 Å². The fourth-order valence-electron chi connectivity index (χ4n) is 5.71. The summed E-state index contributed by atoms with van der Waals surface area (Å²) in [4.78, 5) is 19.5. The van der Waals surface area contributed by atoms with Crippen molar-refractivity contribution in [3.63, 3.8) is 0 Å². The van der Waals surface area contributed by atoms with Crippen LogP contribution in [0.1, 0.15) is 56.0 Å². The van der Waals surface area contributed by atoms with Gasteiger partial charge in [0.25, 0.3) is 0 Å². The van der Waals surface area contributed by atoms with Gasteiger partial charge in [0, 0.05) is 17.6 Å². The number of nitrogens with zero attached hydrogens (tertiary/aromatic N) is 2. The van der Waals surface area contributed by atoms with Crippen LogP contribution in [0.5, 0.6) is 0 Å². The van der Waals surface area contributed by atoms with E-state index >= 15 is 0 Å². The van der Waals surface area contributed by atoms with Gasteiger partial charge in [-0.25, -0.2) is 0 Å². The van der Waals surface area contributed by atoms with E-state index in [0.29, 0.717) is 13.0 Å². The lowest BCUT2D eigenvalue weighted by Crippen LogP contribution is -2.50. The van der Waals surface area contributed by atoms with Gasteiger partial charge in [0.05, 0.1) is 18.6 Å². The number of aryl methyl sites for hydroxylation is 1. The summed E-state index contributed by atoms with van der Waals surface area (Å²) in [6.45, 7) is 4.39. The lowest BCUT2D eigenvalue weighted by molar-refractivity contribution is -0.142. The molecule has 0 aliphatic heterocycles. The van der Waals surface area contributed by atoms with E-state index in [1.165, 1.54) is 43.4 Å². The maximum absolute atomic E-state index is 11.9. The summed E-state index contributed by atoms with van der Waals surface area (Å²) >= 11 is 1.74. The Morgan fingerprint density at radius 1 is 1.25 bits per heavy atom. The Balaban J connectivity index is 1.65. The van der Waals surface area contributed by atoms with E-state index in [1.54, 1.807) is 11.3 Å². The zero-order valence-corrected chi connectivity index (χ0v) is 15.8. The Hall–Kier alpha value is -1.10. The molecule has 0 atom stereocenters. The molecule has 4 fully saturated rings. The first-order chi connectivity index (χ1) is 11.5. The fraction of sp³-hybridized carbons (Fsp3) is 0.789. The molecule has 132 valence electrons. The van der Waals surface area contributed by atoms with Crippen LogP contribution in [0.3, 0.4) is 0 Å². The number of aromatic nitrogens is 1. The fourth-order valence-corrected chi connectivity index (χ4v) is 6.80. The van der Waals surface area contributed by atoms with E-state index in [1.807, 2.05) is 6.92 Å². The minimum atomic E-state index is -0.143. The van der Waals surface area contributed by atoms with Crippen molar-refractivity contribution in [1.29, 1.82) is 0 Å². The van der Waals surface area contributed by atoms with Crippen LogP contribution in [0.15, 0.2) is 4.99 Å². The predicted molar refractivity (Wildman–Crippen MR) is 94.8 cm³/mol. The van der Waals surface area contributed by atoms with E-state index in [2.05, 4.69) is 18.5 Å². The van der Waals surface area contributed by atoms with E-state index < -0.39 is 0 Å². The molecule has 5 rings (SSSR count). The highest BCUT2D eigenvalue weighted by molar-refractivity contribution is 7.09. The molecular formula is C19H28N2O2S. The van der Waals surface area contributed by atoms with Gasteiger partial charge in [0.2, 0.25) is 0 Å². The maximum Gasteiger partial charge on any atom is 0.311 e. The highest BCUT2D eigenvalue weighted by Crippen LogP contribution is 2.57. The van der Waals surface area contributed by atoms with E-state index in [9.17, 15) is 4.79 Å². The summed E-state index contributed by atoms with van der Waals surface area (Å²) in [6.07, 6.45) is 8.52. The molecule has 1 aromatic rings. The molecule has 4 aliphatic rings. The number of rotatable bonds is 4. The number of carbonyl (C=O) groups excluding carboxylic acids is 1. The van der Waals surface area contributed by atoms with Crippen LogP contribution in [-0.4, -0.2) is 22.7 Å². The Labute approximate surface area is 147 Å². The number of hydrogen-bond acceptors (Lipinski definition) is 4. The van der Waals surface area contributed by atoms with Crippen molar-refractivity contribution in [1.82, 2.24) is 4.57 Å². The van der Waals surface area contributed by atoms with Gasteiger partial charge in [-0.1, -0.05) is 0 Å². The zero-order chi connectivity index (χ0) is 16.9. The molecular weight excluding hydrogens is 320 g/mol. The largest absolute Gasteiger partial charge is 0.466 e. The van der Waals surface area contributed by atoms with Gasteiger partial charge in [-0.3, -0.25) is 9.79 Å². The van der Waals surface area contributed by atoms with E-state index in [-0.39, 0.29) is 11.5 Å². The molecule has 0 N–H and O–H groups in total. The van der Waals surface area contributed by atoms with Gasteiger partial charge >= 0.3 is 5.97 Å². The average Bonchev–Trinajstić information content (AvgIpc) is 2.73. The lowest BCUT2D eigenvalue weighted by Gasteiger charge is -2.54. The smallest absolute Gasteiger partial charge is 0.311 e. The molecule has 0 amide bonds. The number of hydrogen-bond donors (Lipinski definition) is 0. The second kappa shape index (κ2) is 6.01.